The summed E-state index contributed by atoms with van der Waals surface area (Å²) in [4.78, 5) is 11.7. The molecule has 0 aliphatic carbocycles. The summed E-state index contributed by atoms with van der Waals surface area (Å²) in [7, 11) is 0. The first-order chi connectivity index (χ1) is 11.2. The minimum atomic E-state index is -1.08. The Bertz CT molecular complexity index is 820. The molecule has 1 heterocycles. The number of aromatic nitrogens is 4. The molecule has 3 rings (SSSR count). The normalized spacial score (nSPS) is 12.0. The Balaban J connectivity index is 2.01. The summed E-state index contributed by atoms with van der Waals surface area (Å²) >= 11 is 0. The fourth-order valence-electron chi connectivity index (χ4n) is 2.34. The summed E-state index contributed by atoms with van der Waals surface area (Å²) in [5.74, 6) is -1.50. The van der Waals surface area contributed by atoms with E-state index in [0.717, 1.165) is 10.2 Å². The van der Waals surface area contributed by atoms with Gasteiger partial charge in [0.1, 0.15) is 5.82 Å². The lowest BCUT2D eigenvalue weighted by Crippen LogP contribution is -2.23. The lowest BCUT2D eigenvalue weighted by atomic mass is 10.1. The second kappa shape index (κ2) is 6.35. The Labute approximate surface area is 131 Å². The summed E-state index contributed by atoms with van der Waals surface area (Å²) in [5.41, 5.74) is 0.992. The minimum Gasteiger partial charge on any atom is -0.480 e. The second-order valence-electron chi connectivity index (χ2n) is 4.97. The van der Waals surface area contributed by atoms with Gasteiger partial charge in [-0.2, -0.15) is 0 Å². The van der Waals surface area contributed by atoms with Crippen LogP contribution in [0.15, 0.2) is 54.6 Å². The molecule has 0 saturated carbocycles. The topological polar surface area (TPSA) is 80.9 Å². The monoisotopic (exact) mass is 312 g/mol. The maximum absolute atomic E-state index is 14.0. The van der Waals surface area contributed by atoms with Crippen molar-refractivity contribution >= 4 is 5.97 Å². The SMILES string of the molecule is O=C(O)C(Cc1ccccc1)n1nnnc1-c1ccccc1F. The number of rotatable bonds is 5. The van der Waals surface area contributed by atoms with Crippen LogP contribution in [0.1, 0.15) is 11.6 Å². The summed E-state index contributed by atoms with van der Waals surface area (Å²) in [6.45, 7) is 0. The van der Waals surface area contributed by atoms with Gasteiger partial charge < -0.3 is 5.11 Å². The third-order valence-corrected chi connectivity index (χ3v) is 3.46. The molecule has 0 saturated heterocycles. The number of halogens is 1. The molecule has 1 N–H and O–H groups in total. The van der Waals surface area contributed by atoms with E-state index in [-0.39, 0.29) is 17.8 Å². The molecular formula is C16H13FN4O2. The maximum atomic E-state index is 14.0. The highest BCUT2D eigenvalue weighted by Crippen LogP contribution is 2.24. The quantitative estimate of drug-likeness (QED) is 0.782. The zero-order chi connectivity index (χ0) is 16.2. The highest BCUT2D eigenvalue weighted by molar-refractivity contribution is 5.73. The first-order valence-electron chi connectivity index (χ1n) is 6.96. The molecular weight excluding hydrogens is 299 g/mol. The van der Waals surface area contributed by atoms with Crippen molar-refractivity contribution in [3.05, 3.63) is 66.0 Å². The van der Waals surface area contributed by atoms with Crippen LogP contribution in [-0.4, -0.2) is 31.3 Å². The smallest absolute Gasteiger partial charge is 0.329 e. The van der Waals surface area contributed by atoms with Gasteiger partial charge in [0.2, 0.25) is 0 Å². The van der Waals surface area contributed by atoms with E-state index < -0.39 is 17.8 Å². The van der Waals surface area contributed by atoms with Crippen LogP contribution in [0, 0.1) is 5.82 Å². The van der Waals surface area contributed by atoms with Gasteiger partial charge in [0.05, 0.1) is 5.56 Å². The predicted molar refractivity (Wildman–Crippen MR) is 80.0 cm³/mol. The van der Waals surface area contributed by atoms with Gasteiger partial charge in [-0.25, -0.2) is 13.9 Å². The van der Waals surface area contributed by atoms with Crippen molar-refractivity contribution in [1.29, 1.82) is 0 Å². The average molecular weight is 312 g/mol. The van der Waals surface area contributed by atoms with Crippen molar-refractivity contribution < 1.29 is 14.3 Å². The number of carboxylic acid groups (broad SMARTS) is 1. The Kier molecular flexibility index (Phi) is 4.09. The standard InChI is InChI=1S/C16H13FN4O2/c17-13-9-5-4-8-12(13)15-18-19-20-21(15)14(16(22)23)10-11-6-2-1-3-7-11/h1-9,14H,10H2,(H,22,23). The highest BCUT2D eigenvalue weighted by atomic mass is 19.1. The molecule has 7 heteroatoms. The molecule has 1 unspecified atom stereocenters. The molecule has 116 valence electrons. The van der Waals surface area contributed by atoms with E-state index in [2.05, 4.69) is 15.5 Å². The molecule has 2 aromatic carbocycles. The van der Waals surface area contributed by atoms with E-state index in [1.54, 1.807) is 12.1 Å². The number of carbonyl (C=O) groups is 1. The van der Waals surface area contributed by atoms with Gasteiger partial charge >= 0.3 is 5.97 Å². The van der Waals surface area contributed by atoms with Gasteiger partial charge in [-0.1, -0.05) is 42.5 Å². The van der Waals surface area contributed by atoms with Gasteiger partial charge in [0.25, 0.3) is 0 Å². The van der Waals surface area contributed by atoms with E-state index in [1.807, 2.05) is 30.3 Å². The third-order valence-electron chi connectivity index (χ3n) is 3.46. The van der Waals surface area contributed by atoms with Gasteiger partial charge in [0.15, 0.2) is 11.9 Å². The fraction of sp³-hybridized carbons (Fsp3) is 0.125. The molecule has 0 bridgehead atoms. The van der Waals surface area contributed by atoms with Crippen LogP contribution in [0.3, 0.4) is 0 Å². The molecule has 0 amide bonds. The van der Waals surface area contributed by atoms with Gasteiger partial charge in [-0.3, -0.25) is 0 Å². The summed E-state index contributed by atoms with van der Waals surface area (Å²) in [6, 6.07) is 14.1. The van der Waals surface area contributed by atoms with E-state index in [4.69, 9.17) is 0 Å². The predicted octanol–water partition coefficient (Wildman–Crippen LogP) is 2.35. The fourth-order valence-corrected chi connectivity index (χ4v) is 2.34. The van der Waals surface area contributed by atoms with E-state index in [1.165, 1.54) is 12.1 Å². The van der Waals surface area contributed by atoms with Crippen LogP contribution < -0.4 is 0 Å². The number of carboxylic acids is 1. The van der Waals surface area contributed by atoms with Crippen LogP contribution in [0.25, 0.3) is 11.4 Å². The van der Waals surface area contributed by atoms with Gasteiger partial charge in [-0.05, 0) is 28.1 Å². The van der Waals surface area contributed by atoms with Gasteiger partial charge in [0, 0.05) is 6.42 Å². The third kappa shape index (κ3) is 3.08. The molecule has 0 aliphatic heterocycles. The molecule has 3 aromatic rings. The molecule has 23 heavy (non-hydrogen) atoms. The van der Waals surface area contributed by atoms with E-state index in [0.29, 0.717) is 0 Å². The zero-order valence-electron chi connectivity index (χ0n) is 12.0. The van der Waals surface area contributed by atoms with Gasteiger partial charge in [-0.15, -0.1) is 5.10 Å². The molecule has 1 aromatic heterocycles. The second-order valence-corrected chi connectivity index (χ2v) is 4.97. The number of hydrogen-bond acceptors (Lipinski definition) is 4. The van der Waals surface area contributed by atoms with Crippen molar-refractivity contribution in [1.82, 2.24) is 20.2 Å². The average Bonchev–Trinajstić information content (AvgIpc) is 3.02. The number of benzene rings is 2. The number of hydrogen-bond donors (Lipinski definition) is 1. The summed E-state index contributed by atoms with van der Waals surface area (Å²) in [5, 5.41) is 20.6. The zero-order valence-corrected chi connectivity index (χ0v) is 12.0. The van der Waals surface area contributed by atoms with Crippen LogP contribution >= 0.6 is 0 Å². The Hall–Kier alpha value is -3.09. The maximum Gasteiger partial charge on any atom is 0.329 e. The van der Waals surface area contributed by atoms with Crippen LogP contribution in [-0.2, 0) is 11.2 Å². The molecule has 0 fully saturated rings. The Morgan fingerprint density at radius 3 is 2.52 bits per heavy atom. The highest BCUT2D eigenvalue weighted by Gasteiger charge is 2.26. The van der Waals surface area contributed by atoms with Crippen molar-refractivity contribution in [2.75, 3.05) is 0 Å². The molecule has 6 nitrogen and oxygen atoms in total. The largest absolute Gasteiger partial charge is 0.480 e. The molecule has 0 spiro atoms. The van der Waals surface area contributed by atoms with Crippen LogP contribution in [0.2, 0.25) is 0 Å². The number of tetrazole rings is 1. The number of nitrogens with zero attached hydrogens (tertiary/aromatic N) is 4. The minimum absolute atomic E-state index is 0.0893. The first-order valence-corrected chi connectivity index (χ1v) is 6.96. The Morgan fingerprint density at radius 2 is 1.83 bits per heavy atom. The Morgan fingerprint density at radius 1 is 1.13 bits per heavy atom. The van der Waals surface area contributed by atoms with Crippen molar-refractivity contribution in [3.63, 3.8) is 0 Å². The first kappa shape index (κ1) is 14.8. The summed E-state index contributed by atoms with van der Waals surface area (Å²) in [6.07, 6.45) is 0.197. The van der Waals surface area contributed by atoms with Crippen molar-refractivity contribution in [2.45, 2.75) is 12.5 Å². The molecule has 0 radical (unpaired) electrons. The van der Waals surface area contributed by atoms with E-state index >= 15 is 0 Å². The van der Waals surface area contributed by atoms with Crippen LogP contribution in [0.4, 0.5) is 4.39 Å². The lowest BCUT2D eigenvalue weighted by Gasteiger charge is -2.14. The van der Waals surface area contributed by atoms with Crippen LogP contribution in [0.5, 0.6) is 0 Å². The number of aliphatic carboxylic acids is 1. The van der Waals surface area contributed by atoms with Crippen molar-refractivity contribution in [3.8, 4) is 11.4 Å². The summed E-state index contributed by atoms with van der Waals surface area (Å²) < 4.78 is 15.1. The van der Waals surface area contributed by atoms with Crippen molar-refractivity contribution in [2.24, 2.45) is 0 Å². The molecule has 0 aliphatic rings. The molecule has 1 atom stereocenters. The van der Waals surface area contributed by atoms with E-state index in [9.17, 15) is 14.3 Å². The lowest BCUT2D eigenvalue weighted by molar-refractivity contribution is -0.141.